The molecule has 27 heavy (non-hydrogen) atoms. The number of hydrogen-bond acceptors (Lipinski definition) is 6. The van der Waals surface area contributed by atoms with Crippen molar-refractivity contribution in [3.05, 3.63) is 29.8 Å². The van der Waals surface area contributed by atoms with E-state index in [1.807, 2.05) is 6.92 Å². The Morgan fingerprint density at radius 2 is 1.93 bits per heavy atom. The van der Waals surface area contributed by atoms with E-state index in [1.165, 1.54) is 0 Å². The molecule has 0 radical (unpaired) electrons. The summed E-state index contributed by atoms with van der Waals surface area (Å²) in [5, 5.41) is 0. The number of rotatable bonds is 11. The van der Waals surface area contributed by atoms with E-state index < -0.39 is 27.7 Å². The van der Waals surface area contributed by atoms with Crippen molar-refractivity contribution in [1.82, 2.24) is 0 Å². The monoisotopic (exact) mass is 412 g/mol. The van der Waals surface area contributed by atoms with Crippen molar-refractivity contribution in [3.63, 3.8) is 0 Å². The predicted molar refractivity (Wildman–Crippen MR) is 91.6 cm³/mol. The van der Waals surface area contributed by atoms with Crippen LogP contribution in [0.3, 0.4) is 0 Å². The molecular formula is C17H23F3O6S. The van der Waals surface area contributed by atoms with E-state index in [-0.39, 0.29) is 12.8 Å². The number of esters is 1. The smallest absolute Gasteiger partial charge is 0.494 e. The number of hydrogen-bond donors (Lipinski definition) is 0. The first-order valence-electron chi connectivity index (χ1n) is 8.40. The lowest BCUT2D eigenvalue weighted by atomic mass is 10.1. The minimum Gasteiger partial charge on any atom is -0.494 e. The summed E-state index contributed by atoms with van der Waals surface area (Å²) in [6, 6.07) is 7.15. The van der Waals surface area contributed by atoms with Crippen LogP contribution >= 0.6 is 0 Å². The Kier molecular flexibility index (Phi) is 9.04. The zero-order chi connectivity index (χ0) is 20.5. The summed E-state index contributed by atoms with van der Waals surface area (Å²) in [7, 11) is -4.95. The highest BCUT2D eigenvalue weighted by atomic mass is 32.2. The van der Waals surface area contributed by atoms with Gasteiger partial charge in [0.1, 0.15) is 5.75 Å². The summed E-state index contributed by atoms with van der Waals surface area (Å²) < 4.78 is 73.5. The maximum Gasteiger partial charge on any atom is 0.523 e. The maximum atomic E-state index is 12.4. The third-order valence-corrected chi connectivity index (χ3v) is 4.64. The fourth-order valence-electron chi connectivity index (χ4n) is 2.16. The van der Waals surface area contributed by atoms with E-state index >= 15 is 0 Å². The minimum absolute atomic E-state index is 0.214. The third kappa shape index (κ3) is 7.76. The van der Waals surface area contributed by atoms with Gasteiger partial charge in [-0.15, -0.1) is 0 Å². The van der Waals surface area contributed by atoms with Crippen LogP contribution in [0.4, 0.5) is 13.2 Å². The molecule has 1 unspecified atom stereocenters. The van der Waals surface area contributed by atoms with Crippen LogP contribution in [-0.2, 0) is 30.3 Å². The summed E-state index contributed by atoms with van der Waals surface area (Å²) in [5.74, 6) is -0.513. The number of alkyl halides is 3. The first kappa shape index (κ1) is 23.2. The van der Waals surface area contributed by atoms with Crippen LogP contribution in [0, 0.1) is 0 Å². The Morgan fingerprint density at radius 1 is 1.22 bits per heavy atom. The highest BCUT2D eigenvalue weighted by Gasteiger charge is 2.49. The highest BCUT2D eigenvalue weighted by molar-refractivity contribution is 7.87. The van der Waals surface area contributed by atoms with Crippen LogP contribution in [0.25, 0.3) is 0 Å². The van der Waals surface area contributed by atoms with Crippen LogP contribution in [0.15, 0.2) is 24.3 Å². The molecule has 0 aliphatic heterocycles. The Balaban J connectivity index is 2.67. The molecule has 0 saturated carbocycles. The van der Waals surface area contributed by atoms with Gasteiger partial charge in [0.25, 0.3) is 0 Å². The van der Waals surface area contributed by atoms with E-state index in [2.05, 4.69) is 8.92 Å². The van der Waals surface area contributed by atoms with Crippen molar-refractivity contribution >= 4 is 16.1 Å². The summed E-state index contributed by atoms with van der Waals surface area (Å²) in [6.45, 7) is 2.62. The largest absolute Gasteiger partial charge is 0.523 e. The van der Waals surface area contributed by atoms with Gasteiger partial charge in [-0.3, -0.25) is 0 Å². The van der Waals surface area contributed by atoms with Crippen LogP contribution in [0.1, 0.15) is 38.2 Å². The van der Waals surface area contributed by atoms with E-state index in [9.17, 15) is 26.4 Å². The number of unbranched alkanes of at least 4 members (excludes halogenated alkanes) is 1. The SMILES string of the molecule is CCCCOc1cccc(CCCC(OS(=O)(=O)C(F)(F)F)C(=O)OC)c1. The molecule has 0 amide bonds. The molecule has 0 saturated heterocycles. The normalized spacial score (nSPS) is 13.2. The molecule has 1 rings (SSSR count). The third-order valence-electron chi connectivity index (χ3n) is 3.59. The molecule has 0 heterocycles. The summed E-state index contributed by atoms with van der Waals surface area (Å²) in [6.07, 6.45) is 0.416. The first-order chi connectivity index (χ1) is 12.6. The number of carbonyl (C=O) groups is 1. The molecular weight excluding hydrogens is 389 g/mol. The molecule has 1 aromatic carbocycles. The molecule has 6 nitrogen and oxygen atoms in total. The number of carbonyl (C=O) groups excluding carboxylic acids is 1. The molecule has 0 bridgehead atoms. The van der Waals surface area contributed by atoms with Crippen molar-refractivity contribution in [2.24, 2.45) is 0 Å². The van der Waals surface area contributed by atoms with Crippen LogP contribution in [-0.4, -0.2) is 39.7 Å². The van der Waals surface area contributed by atoms with Crippen LogP contribution in [0.2, 0.25) is 0 Å². The van der Waals surface area contributed by atoms with Gasteiger partial charge >= 0.3 is 21.6 Å². The molecule has 0 aliphatic rings. The van der Waals surface area contributed by atoms with Crippen molar-refractivity contribution < 1.29 is 40.0 Å². The topological polar surface area (TPSA) is 78.9 Å². The lowest BCUT2D eigenvalue weighted by Crippen LogP contribution is -2.34. The van der Waals surface area contributed by atoms with Crippen LogP contribution in [0.5, 0.6) is 5.75 Å². The van der Waals surface area contributed by atoms with Crippen molar-refractivity contribution in [3.8, 4) is 5.75 Å². The minimum atomic E-state index is -5.89. The van der Waals surface area contributed by atoms with E-state index in [0.717, 1.165) is 25.5 Å². The lowest BCUT2D eigenvalue weighted by molar-refractivity contribution is -0.149. The number of ether oxygens (including phenoxy) is 2. The molecule has 1 atom stereocenters. The Bertz CT molecular complexity index is 703. The van der Waals surface area contributed by atoms with Crippen molar-refractivity contribution in [2.45, 2.75) is 50.6 Å². The molecule has 0 fully saturated rings. The highest BCUT2D eigenvalue weighted by Crippen LogP contribution is 2.27. The molecule has 0 aromatic heterocycles. The van der Waals surface area contributed by atoms with Gasteiger partial charge in [0.05, 0.1) is 13.7 Å². The van der Waals surface area contributed by atoms with E-state index in [0.29, 0.717) is 18.8 Å². The predicted octanol–water partition coefficient (Wildman–Crippen LogP) is 3.60. The zero-order valence-electron chi connectivity index (χ0n) is 15.1. The van der Waals surface area contributed by atoms with Gasteiger partial charge in [-0.2, -0.15) is 21.6 Å². The van der Waals surface area contributed by atoms with Gasteiger partial charge < -0.3 is 9.47 Å². The van der Waals surface area contributed by atoms with Crippen molar-refractivity contribution in [1.29, 1.82) is 0 Å². The number of halogens is 3. The van der Waals surface area contributed by atoms with E-state index in [1.54, 1.807) is 24.3 Å². The van der Waals surface area contributed by atoms with Gasteiger partial charge in [-0.25, -0.2) is 8.98 Å². The fourth-order valence-corrected chi connectivity index (χ4v) is 2.75. The summed E-state index contributed by atoms with van der Waals surface area (Å²) in [5.41, 5.74) is -4.77. The number of methoxy groups -OCH3 is 1. The average Bonchev–Trinajstić information content (AvgIpc) is 2.59. The second-order valence-corrected chi connectivity index (χ2v) is 7.31. The number of aryl methyl sites for hydroxylation is 1. The molecule has 0 N–H and O–H groups in total. The zero-order valence-corrected chi connectivity index (χ0v) is 15.9. The summed E-state index contributed by atoms with van der Waals surface area (Å²) in [4.78, 5) is 11.6. The first-order valence-corrected chi connectivity index (χ1v) is 9.80. The van der Waals surface area contributed by atoms with Gasteiger partial charge in [0.2, 0.25) is 0 Å². The van der Waals surface area contributed by atoms with Gasteiger partial charge in [-0.05, 0) is 43.4 Å². The van der Waals surface area contributed by atoms with Gasteiger partial charge in [0.15, 0.2) is 6.10 Å². The second kappa shape index (κ2) is 10.5. The quantitative estimate of drug-likeness (QED) is 0.239. The van der Waals surface area contributed by atoms with Crippen LogP contribution < -0.4 is 4.74 Å². The van der Waals surface area contributed by atoms with E-state index in [4.69, 9.17) is 4.74 Å². The molecule has 1 aromatic rings. The Hall–Kier alpha value is -1.81. The Labute approximate surface area is 156 Å². The van der Waals surface area contributed by atoms with Gasteiger partial charge in [0, 0.05) is 0 Å². The average molecular weight is 412 g/mol. The molecule has 10 heteroatoms. The standard InChI is InChI=1S/C17H23F3O6S/c1-3-4-11-25-14-9-5-7-13(12-14)8-6-10-15(16(21)24-2)26-27(22,23)17(18,19)20/h5,7,9,12,15H,3-4,6,8,10-11H2,1-2H3. The van der Waals surface area contributed by atoms with Crippen molar-refractivity contribution in [2.75, 3.05) is 13.7 Å². The number of benzene rings is 1. The lowest BCUT2D eigenvalue weighted by Gasteiger charge is -2.16. The summed E-state index contributed by atoms with van der Waals surface area (Å²) >= 11 is 0. The maximum absolute atomic E-state index is 12.4. The Morgan fingerprint density at radius 3 is 2.52 bits per heavy atom. The van der Waals surface area contributed by atoms with Gasteiger partial charge in [-0.1, -0.05) is 25.5 Å². The fraction of sp³-hybridized carbons (Fsp3) is 0.588. The molecule has 0 spiro atoms. The molecule has 154 valence electrons. The molecule has 0 aliphatic carbocycles. The second-order valence-electron chi connectivity index (χ2n) is 5.75.